The van der Waals surface area contributed by atoms with E-state index < -0.39 is 10.0 Å². The Hall–Kier alpha value is -1.67. The number of nitrogens with two attached hydrogens (primary N) is 1. The molecule has 1 heterocycles. The predicted molar refractivity (Wildman–Crippen MR) is 69.7 cm³/mol. The van der Waals surface area contributed by atoms with E-state index in [1.165, 1.54) is 10.9 Å². The van der Waals surface area contributed by atoms with Gasteiger partial charge in [-0.05, 0) is 19.3 Å². The summed E-state index contributed by atoms with van der Waals surface area (Å²) in [6.45, 7) is 0. The number of allylic oxidation sites excluding steroid dienone is 2. The molecule has 0 radical (unpaired) electrons. The van der Waals surface area contributed by atoms with Gasteiger partial charge >= 0.3 is 0 Å². The van der Waals surface area contributed by atoms with E-state index in [9.17, 15) is 13.2 Å². The molecule has 1 aromatic heterocycles. The van der Waals surface area contributed by atoms with Gasteiger partial charge in [-0.15, -0.1) is 0 Å². The standard InChI is InChI=1S/C11H16N4O3S/c1-15-7-9(19(12,17)18)10(14-15)13-11(16)8-5-3-2-4-6-8/h2-3,7-8H,4-6H2,1H3,(H2,12,17,18)(H,13,14,16). The van der Waals surface area contributed by atoms with Crippen LogP contribution in [0.2, 0.25) is 0 Å². The Kier molecular flexibility index (Phi) is 3.72. The highest BCUT2D eigenvalue weighted by Gasteiger charge is 2.24. The minimum Gasteiger partial charge on any atom is -0.308 e. The number of rotatable bonds is 3. The number of anilines is 1. The lowest BCUT2D eigenvalue weighted by atomic mass is 9.94. The number of hydrogen-bond donors (Lipinski definition) is 2. The minimum absolute atomic E-state index is 0.00967. The van der Waals surface area contributed by atoms with Crippen molar-refractivity contribution in [3.63, 3.8) is 0 Å². The molecule has 104 valence electrons. The number of carbonyl (C=O) groups is 1. The molecule has 19 heavy (non-hydrogen) atoms. The minimum atomic E-state index is -3.90. The van der Waals surface area contributed by atoms with Gasteiger partial charge in [0.2, 0.25) is 15.9 Å². The zero-order valence-electron chi connectivity index (χ0n) is 10.5. The average molecular weight is 284 g/mol. The van der Waals surface area contributed by atoms with E-state index in [1.807, 2.05) is 12.2 Å². The first-order chi connectivity index (χ1) is 8.88. The summed E-state index contributed by atoms with van der Waals surface area (Å²) >= 11 is 0. The van der Waals surface area contributed by atoms with Crippen molar-refractivity contribution < 1.29 is 13.2 Å². The molecule has 0 saturated carbocycles. The molecule has 2 rings (SSSR count). The van der Waals surface area contributed by atoms with E-state index >= 15 is 0 Å². The second kappa shape index (κ2) is 5.14. The number of sulfonamides is 1. The van der Waals surface area contributed by atoms with Gasteiger partial charge in [0.1, 0.15) is 4.90 Å². The number of primary sulfonamides is 1. The summed E-state index contributed by atoms with van der Waals surface area (Å²) in [5.41, 5.74) is 0. The number of aromatic nitrogens is 2. The fourth-order valence-corrected chi connectivity index (χ4v) is 2.67. The molecule has 0 saturated heterocycles. The summed E-state index contributed by atoms with van der Waals surface area (Å²) in [6, 6.07) is 0. The number of carbonyl (C=O) groups excluding carboxylic acids is 1. The molecule has 1 atom stereocenters. The second-order valence-electron chi connectivity index (χ2n) is 4.53. The van der Waals surface area contributed by atoms with Gasteiger partial charge in [-0.2, -0.15) is 5.10 Å². The van der Waals surface area contributed by atoms with Gasteiger partial charge in [0.15, 0.2) is 5.82 Å². The largest absolute Gasteiger partial charge is 0.308 e. The molecular formula is C11H16N4O3S. The van der Waals surface area contributed by atoms with E-state index in [1.54, 1.807) is 7.05 Å². The van der Waals surface area contributed by atoms with Crippen molar-refractivity contribution in [2.75, 3.05) is 5.32 Å². The van der Waals surface area contributed by atoms with Gasteiger partial charge in [-0.25, -0.2) is 13.6 Å². The molecule has 0 aromatic carbocycles. The van der Waals surface area contributed by atoms with E-state index in [0.717, 1.165) is 12.8 Å². The lowest BCUT2D eigenvalue weighted by Crippen LogP contribution is -2.25. The fraction of sp³-hybridized carbons (Fsp3) is 0.455. The zero-order valence-corrected chi connectivity index (χ0v) is 11.4. The Morgan fingerprint density at radius 3 is 2.84 bits per heavy atom. The average Bonchev–Trinajstić information content (AvgIpc) is 2.71. The monoisotopic (exact) mass is 284 g/mol. The van der Waals surface area contributed by atoms with Crippen LogP contribution in [0.15, 0.2) is 23.2 Å². The molecular weight excluding hydrogens is 268 g/mol. The zero-order chi connectivity index (χ0) is 14.0. The summed E-state index contributed by atoms with van der Waals surface area (Å²) in [7, 11) is -2.34. The normalized spacial score (nSPS) is 19.4. The highest BCUT2D eigenvalue weighted by atomic mass is 32.2. The fourth-order valence-electron chi connectivity index (χ4n) is 2.01. The quantitative estimate of drug-likeness (QED) is 0.781. The van der Waals surface area contributed by atoms with Crippen LogP contribution >= 0.6 is 0 Å². The lowest BCUT2D eigenvalue weighted by Gasteiger charge is -2.16. The van der Waals surface area contributed by atoms with Crippen LogP contribution in [-0.4, -0.2) is 24.1 Å². The third kappa shape index (κ3) is 3.21. The molecule has 1 aliphatic carbocycles. The van der Waals surface area contributed by atoms with E-state index in [4.69, 9.17) is 5.14 Å². The van der Waals surface area contributed by atoms with Gasteiger partial charge in [0.05, 0.1) is 0 Å². The van der Waals surface area contributed by atoms with Crippen LogP contribution < -0.4 is 10.5 Å². The number of aryl methyl sites for hydroxylation is 1. The summed E-state index contributed by atoms with van der Waals surface area (Å²) in [6.07, 6.45) is 7.50. The highest BCUT2D eigenvalue weighted by molar-refractivity contribution is 7.89. The molecule has 0 spiro atoms. The van der Waals surface area contributed by atoms with Crippen molar-refractivity contribution in [2.45, 2.75) is 24.2 Å². The van der Waals surface area contributed by atoms with Gasteiger partial charge < -0.3 is 5.32 Å². The van der Waals surface area contributed by atoms with Crippen LogP contribution in [0.4, 0.5) is 5.82 Å². The Labute approximate surface area is 111 Å². The van der Waals surface area contributed by atoms with Gasteiger partial charge in [-0.1, -0.05) is 12.2 Å². The molecule has 0 bridgehead atoms. The van der Waals surface area contributed by atoms with Crippen LogP contribution in [0.5, 0.6) is 0 Å². The van der Waals surface area contributed by atoms with Gasteiger partial charge in [0.25, 0.3) is 0 Å². The maximum Gasteiger partial charge on any atom is 0.243 e. The Bertz CT molecular complexity index is 618. The molecule has 8 heteroatoms. The van der Waals surface area contributed by atoms with Crippen molar-refractivity contribution >= 4 is 21.7 Å². The summed E-state index contributed by atoms with van der Waals surface area (Å²) in [4.78, 5) is 11.9. The van der Waals surface area contributed by atoms with Crippen molar-refractivity contribution in [3.05, 3.63) is 18.3 Å². The summed E-state index contributed by atoms with van der Waals surface area (Å²) in [5.74, 6) is -0.391. The highest BCUT2D eigenvalue weighted by Crippen LogP contribution is 2.22. The Balaban J connectivity index is 2.19. The predicted octanol–water partition coefficient (Wildman–Crippen LogP) is 0.362. The molecule has 0 aliphatic heterocycles. The molecule has 3 N–H and O–H groups in total. The molecule has 1 aromatic rings. The number of hydrogen-bond acceptors (Lipinski definition) is 4. The first-order valence-electron chi connectivity index (χ1n) is 5.90. The van der Waals surface area contributed by atoms with E-state index in [-0.39, 0.29) is 22.5 Å². The SMILES string of the molecule is Cn1cc(S(N)(=O)=O)c(NC(=O)C2CC=CCC2)n1. The number of amides is 1. The third-order valence-electron chi connectivity index (χ3n) is 2.98. The van der Waals surface area contributed by atoms with E-state index in [2.05, 4.69) is 10.4 Å². The smallest absolute Gasteiger partial charge is 0.243 e. The van der Waals surface area contributed by atoms with Crippen LogP contribution in [0.25, 0.3) is 0 Å². The topological polar surface area (TPSA) is 107 Å². The second-order valence-corrected chi connectivity index (χ2v) is 6.06. The maximum atomic E-state index is 12.0. The Morgan fingerprint density at radius 2 is 2.26 bits per heavy atom. The van der Waals surface area contributed by atoms with Crippen molar-refractivity contribution in [1.82, 2.24) is 9.78 Å². The Morgan fingerprint density at radius 1 is 1.53 bits per heavy atom. The van der Waals surface area contributed by atoms with Crippen molar-refractivity contribution in [2.24, 2.45) is 18.1 Å². The summed E-state index contributed by atoms with van der Waals surface area (Å²) in [5, 5.41) is 11.5. The number of nitrogens with zero attached hydrogens (tertiary/aromatic N) is 2. The van der Waals surface area contributed by atoms with Crippen molar-refractivity contribution in [1.29, 1.82) is 0 Å². The molecule has 1 aliphatic rings. The lowest BCUT2D eigenvalue weighted by molar-refractivity contribution is -0.120. The van der Waals surface area contributed by atoms with Crippen LogP contribution in [0.3, 0.4) is 0 Å². The molecule has 0 fully saturated rings. The summed E-state index contributed by atoms with van der Waals surface area (Å²) < 4.78 is 24.1. The van der Waals surface area contributed by atoms with Crippen LogP contribution in [0, 0.1) is 5.92 Å². The third-order valence-corrected chi connectivity index (χ3v) is 3.90. The van der Waals surface area contributed by atoms with Crippen molar-refractivity contribution in [3.8, 4) is 0 Å². The number of nitrogens with one attached hydrogen (secondary N) is 1. The maximum absolute atomic E-state index is 12.0. The molecule has 1 unspecified atom stereocenters. The molecule has 7 nitrogen and oxygen atoms in total. The van der Waals surface area contributed by atoms with Gasteiger partial charge in [-0.3, -0.25) is 9.48 Å². The van der Waals surface area contributed by atoms with Crippen LogP contribution in [-0.2, 0) is 21.9 Å². The first-order valence-corrected chi connectivity index (χ1v) is 7.45. The first kappa shape index (κ1) is 13.8. The van der Waals surface area contributed by atoms with Gasteiger partial charge in [0, 0.05) is 19.2 Å². The van der Waals surface area contributed by atoms with E-state index in [0.29, 0.717) is 6.42 Å². The van der Waals surface area contributed by atoms with Crippen LogP contribution in [0.1, 0.15) is 19.3 Å². The molecule has 1 amide bonds.